The molecule has 0 spiro atoms. The van der Waals surface area contributed by atoms with Gasteiger partial charge in [0.15, 0.2) is 0 Å². The maximum Gasteiger partial charge on any atom is 0.143 e. The normalized spacial score (nSPS) is 14.2. The standard InChI is InChI=1S/C46H41N3O2S/c1-3-4-14-32(29(2)33-17-9-11-24-42(33)52)28-48-46(30-15-6-5-7-16-30)49-45(47)31-25-26-40-38(27-31)43-35(19-13-23-41(43)50-40)37-21-12-20-36-34-18-8-10-22-39(34)51-44(36)37/h3-27,29,45-46,48-49,52H,28,47H2,1-2H3/b4-3-,32-14-. The first kappa shape index (κ1) is 33.8. The van der Waals surface area contributed by atoms with E-state index in [9.17, 15) is 0 Å². The molecule has 8 aromatic rings. The van der Waals surface area contributed by atoms with E-state index in [0.717, 1.165) is 71.0 Å². The van der Waals surface area contributed by atoms with Crippen LogP contribution >= 0.6 is 12.6 Å². The number of allylic oxidation sites excluding steroid dienone is 3. The van der Waals surface area contributed by atoms with Crippen LogP contribution in [0.1, 0.15) is 48.8 Å². The van der Waals surface area contributed by atoms with Crippen LogP contribution in [-0.4, -0.2) is 6.54 Å². The van der Waals surface area contributed by atoms with Gasteiger partial charge in [-0.1, -0.05) is 128 Å². The SMILES string of the molecule is C/C=C\C=C(\CNC(NC(N)c1ccc2oc3cccc(-c4cccc5c4oc4ccccc45)c3c2c1)c1ccccc1)C(C)c1ccccc1S. The van der Waals surface area contributed by atoms with Gasteiger partial charge in [-0.05, 0) is 65.1 Å². The predicted octanol–water partition coefficient (Wildman–Crippen LogP) is 11.6. The van der Waals surface area contributed by atoms with Crippen molar-refractivity contribution in [2.75, 3.05) is 6.54 Å². The number of para-hydroxylation sites is 2. The summed E-state index contributed by atoms with van der Waals surface area (Å²) in [4.78, 5) is 0.987. The van der Waals surface area contributed by atoms with Crippen molar-refractivity contribution in [3.8, 4) is 11.1 Å². The minimum atomic E-state index is -0.475. The van der Waals surface area contributed by atoms with Gasteiger partial charge in [-0.15, -0.1) is 12.6 Å². The maximum absolute atomic E-state index is 7.03. The predicted molar refractivity (Wildman–Crippen MR) is 219 cm³/mol. The average Bonchev–Trinajstić information content (AvgIpc) is 3.76. The molecule has 0 aliphatic rings. The van der Waals surface area contributed by atoms with Crippen molar-refractivity contribution in [1.29, 1.82) is 0 Å². The summed E-state index contributed by atoms with van der Waals surface area (Å²) in [6.07, 6.45) is 5.65. The molecule has 52 heavy (non-hydrogen) atoms. The molecule has 0 amide bonds. The van der Waals surface area contributed by atoms with Crippen molar-refractivity contribution >= 4 is 56.5 Å². The van der Waals surface area contributed by atoms with Gasteiger partial charge in [0.1, 0.15) is 22.3 Å². The number of fused-ring (bicyclic) bond motifs is 6. The van der Waals surface area contributed by atoms with Crippen molar-refractivity contribution in [3.05, 3.63) is 174 Å². The van der Waals surface area contributed by atoms with Gasteiger partial charge < -0.3 is 14.6 Å². The Labute approximate surface area is 309 Å². The van der Waals surface area contributed by atoms with Gasteiger partial charge in [0.2, 0.25) is 0 Å². The summed E-state index contributed by atoms with van der Waals surface area (Å²) >= 11 is 4.77. The highest BCUT2D eigenvalue weighted by atomic mass is 32.1. The molecular weight excluding hydrogens is 659 g/mol. The smallest absolute Gasteiger partial charge is 0.143 e. The van der Waals surface area contributed by atoms with Crippen molar-refractivity contribution < 1.29 is 8.83 Å². The Morgan fingerprint density at radius 1 is 0.712 bits per heavy atom. The first-order chi connectivity index (χ1) is 25.5. The lowest BCUT2D eigenvalue weighted by Crippen LogP contribution is -2.41. The van der Waals surface area contributed by atoms with E-state index in [1.807, 2.05) is 67.6 Å². The lowest BCUT2D eigenvalue weighted by Gasteiger charge is -2.27. The minimum absolute atomic E-state index is 0.166. The highest BCUT2D eigenvalue weighted by molar-refractivity contribution is 7.80. The molecule has 8 rings (SSSR count). The lowest BCUT2D eigenvalue weighted by atomic mass is 9.92. The molecule has 6 aromatic carbocycles. The fourth-order valence-corrected chi connectivity index (χ4v) is 7.62. The average molecular weight is 700 g/mol. The number of hydrogen-bond donors (Lipinski definition) is 4. The quantitative estimate of drug-likeness (QED) is 0.0614. The van der Waals surface area contributed by atoms with Gasteiger partial charge in [-0.3, -0.25) is 10.6 Å². The molecule has 5 nitrogen and oxygen atoms in total. The molecule has 0 aliphatic heterocycles. The highest BCUT2D eigenvalue weighted by Gasteiger charge is 2.21. The van der Waals surface area contributed by atoms with Crippen LogP contribution in [0.4, 0.5) is 0 Å². The van der Waals surface area contributed by atoms with Gasteiger partial charge in [0, 0.05) is 44.5 Å². The van der Waals surface area contributed by atoms with Crippen LogP contribution in [0, 0.1) is 0 Å². The van der Waals surface area contributed by atoms with Gasteiger partial charge in [-0.25, -0.2) is 0 Å². The molecule has 3 unspecified atom stereocenters. The first-order valence-electron chi connectivity index (χ1n) is 17.8. The van der Waals surface area contributed by atoms with Crippen LogP contribution in [0.3, 0.4) is 0 Å². The zero-order valence-corrected chi connectivity index (χ0v) is 30.1. The molecule has 0 fully saturated rings. The monoisotopic (exact) mass is 699 g/mol. The summed E-state index contributed by atoms with van der Waals surface area (Å²) in [7, 11) is 0. The van der Waals surface area contributed by atoms with Crippen LogP contribution in [0.15, 0.2) is 171 Å². The minimum Gasteiger partial charge on any atom is -0.456 e. The molecule has 4 N–H and O–H groups in total. The topological polar surface area (TPSA) is 76.4 Å². The number of hydrogen-bond acceptors (Lipinski definition) is 6. The second-order valence-corrected chi connectivity index (χ2v) is 13.7. The van der Waals surface area contributed by atoms with E-state index in [1.165, 1.54) is 11.1 Å². The number of benzene rings is 6. The third-order valence-corrected chi connectivity index (χ3v) is 10.4. The molecule has 0 saturated heterocycles. The zero-order chi connectivity index (χ0) is 35.6. The fraction of sp³-hybridized carbons (Fsp3) is 0.130. The number of rotatable bonds is 11. The number of furan rings is 2. The van der Waals surface area contributed by atoms with E-state index in [1.54, 1.807) is 0 Å². The Balaban J connectivity index is 1.13. The Bertz CT molecular complexity index is 2580. The molecule has 0 bridgehead atoms. The Kier molecular flexibility index (Phi) is 9.54. The van der Waals surface area contributed by atoms with Crippen molar-refractivity contribution in [2.45, 2.75) is 37.0 Å². The summed E-state index contributed by atoms with van der Waals surface area (Å²) in [5.41, 5.74) is 17.0. The van der Waals surface area contributed by atoms with Gasteiger partial charge in [0.05, 0.1) is 12.3 Å². The molecule has 2 heterocycles. The Morgan fingerprint density at radius 3 is 2.27 bits per heavy atom. The van der Waals surface area contributed by atoms with Gasteiger partial charge in [0.25, 0.3) is 0 Å². The summed E-state index contributed by atoms with van der Waals surface area (Å²) < 4.78 is 12.9. The van der Waals surface area contributed by atoms with E-state index >= 15 is 0 Å². The Morgan fingerprint density at radius 2 is 1.42 bits per heavy atom. The lowest BCUT2D eigenvalue weighted by molar-refractivity contribution is 0.395. The molecule has 0 radical (unpaired) electrons. The van der Waals surface area contributed by atoms with Crippen molar-refractivity contribution in [3.63, 3.8) is 0 Å². The van der Waals surface area contributed by atoms with Gasteiger partial charge in [-0.2, -0.15) is 0 Å². The van der Waals surface area contributed by atoms with Crippen LogP contribution in [-0.2, 0) is 0 Å². The van der Waals surface area contributed by atoms with Gasteiger partial charge >= 0.3 is 0 Å². The largest absolute Gasteiger partial charge is 0.456 e. The van der Waals surface area contributed by atoms with Crippen LogP contribution in [0.5, 0.6) is 0 Å². The van der Waals surface area contributed by atoms with Crippen molar-refractivity contribution in [2.24, 2.45) is 5.73 Å². The summed E-state index contributed by atoms with van der Waals surface area (Å²) in [6.45, 7) is 4.92. The van der Waals surface area contributed by atoms with Crippen LogP contribution in [0.2, 0.25) is 0 Å². The van der Waals surface area contributed by atoms with Crippen molar-refractivity contribution in [1.82, 2.24) is 10.6 Å². The zero-order valence-electron chi connectivity index (χ0n) is 29.2. The molecule has 258 valence electrons. The molecule has 6 heteroatoms. The molecular formula is C46H41N3O2S. The van der Waals surface area contributed by atoms with E-state index in [2.05, 4.69) is 109 Å². The molecule has 0 aliphatic carbocycles. The molecule has 3 atom stereocenters. The third-order valence-electron chi connectivity index (χ3n) is 10.0. The van der Waals surface area contributed by atoms with E-state index in [0.29, 0.717) is 6.54 Å². The second kappa shape index (κ2) is 14.7. The van der Waals surface area contributed by atoms with E-state index in [-0.39, 0.29) is 12.1 Å². The second-order valence-electron chi connectivity index (χ2n) is 13.2. The first-order valence-corrected chi connectivity index (χ1v) is 18.2. The number of thiol groups is 1. The maximum atomic E-state index is 7.03. The van der Waals surface area contributed by atoms with E-state index in [4.69, 9.17) is 27.2 Å². The van der Waals surface area contributed by atoms with Crippen LogP contribution in [0.25, 0.3) is 55.0 Å². The highest BCUT2D eigenvalue weighted by Crippen LogP contribution is 2.42. The van der Waals surface area contributed by atoms with E-state index < -0.39 is 6.17 Å². The summed E-state index contributed by atoms with van der Waals surface area (Å²) in [6, 6.07) is 45.7. The number of nitrogens with one attached hydrogen (secondary N) is 2. The molecule has 0 saturated carbocycles. The Hall–Kier alpha value is -5.37. The summed E-state index contributed by atoms with van der Waals surface area (Å²) in [5.74, 6) is 0.166. The number of nitrogens with two attached hydrogens (primary N) is 1. The molecule has 2 aromatic heterocycles. The third kappa shape index (κ3) is 6.47. The fourth-order valence-electron chi connectivity index (χ4n) is 7.27. The van der Waals surface area contributed by atoms with Crippen LogP contribution < -0.4 is 16.4 Å². The summed E-state index contributed by atoms with van der Waals surface area (Å²) in [5, 5.41) is 11.7.